The van der Waals surface area contributed by atoms with Gasteiger partial charge in [0.1, 0.15) is 4.88 Å². The molecule has 1 aliphatic rings. The van der Waals surface area contributed by atoms with Crippen LogP contribution in [-0.2, 0) is 6.42 Å². The molecule has 1 heterocycles. The average molecular weight is 490 g/mol. The topological polar surface area (TPSA) is 37.3 Å². The molecular weight excluding hydrogens is 456 g/mol. The lowest BCUT2D eigenvalue weighted by atomic mass is 9.84. The molecule has 0 bridgehead atoms. The third-order valence-corrected chi connectivity index (χ3v) is 8.31. The molecule has 1 aliphatic carbocycles. The molecule has 30 heavy (non-hydrogen) atoms. The lowest BCUT2D eigenvalue weighted by Gasteiger charge is -2.22. The molecule has 4 heteroatoms. The SMILES string of the molecule is CCCCCC(C)c1ccc([C@H]2C(Br)=CCC2CCCc2ccc(C(=O)O)s2)cc1. The van der Waals surface area contributed by atoms with Gasteiger partial charge in [-0.25, -0.2) is 4.79 Å². The van der Waals surface area contributed by atoms with Crippen LogP contribution in [0.5, 0.6) is 0 Å². The van der Waals surface area contributed by atoms with Crippen molar-refractivity contribution in [3.63, 3.8) is 0 Å². The van der Waals surface area contributed by atoms with E-state index in [0.717, 1.165) is 25.7 Å². The average Bonchev–Trinajstić information content (AvgIpc) is 3.35. The number of aryl methyl sites for hydroxylation is 1. The van der Waals surface area contributed by atoms with Crippen molar-refractivity contribution in [1.82, 2.24) is 0 Å². The van der Waals surface area contributed by atoms with E-state index in [4.69, 9.17) is 5.11 Å². The Morgan fingerprint density at radius 1 is 1.17 bits per heavy atom. The van der Waals surface area contributed by atoms with E-state index in [2.05, 4.69) is 60.1 Å². The summed E-state index contributed by atoms with van der Waals surface area (Å²) < 4.78 is 1.32. The van der Waals surface area contributed by atoms with E-state index in [9.17, 15) is 4.79 Å². The highest BCUT2D eigenvalue weighted by Crippen LogP contribution is 2.45. The highest BCUT2D eigenvalue weighted by Gasteiger charge is 2.29. The maximum atomic E-state index is 11.1. The van der Waals surface area contributed by atoms with E-state index < -0.39 is 5.97 Å². The molecule has 2 aromatic rings. The van der Waals surface area contributed by atoms with Gasteiger partial charge in [-0.3, -0.25) is 0 Å². The summed E-state index contributed by atoms with van der Waals surface area (Å²) >= 11 is 5.24. The van der Waals surface area contributed by atoms with Crippen LogP contribution >= 0.6 is 27.3 Å². The van der Waals surface area contributed by atoms with Gasteiger partial charge in [-0.05, 0) is 71.7 Å². The predicted molar refractivity (Wildman–Crippen MR) is 131 cm³/mol. The van der Waals surface area contributed by atoms with Gasteiger partial charge in [0, 0.05) is 10.8 Å². The zero-order valence-corrected chi connectivity index (χ0v) is 20.5. The zero-order chi connectivity index (χ0) is 21.5. The number of halogens is 1. The third-order valence-electron chi connectivity index (χ3n) is 6.36. The highest BCUT2D eigenvalue weighted by atomic mass is 79.9. The van der Waals surface area contributed by atoms with Crippen molar-refractivity contribution in [3.05, 3.63) is 67.8 Å². The molecule has 0 amide bonds. The van der Waals surface area contributed by atoms with Crippen LogP contribution in [0.1, 0.15) is 96.3 Å². The lowest BCUT2D eigenvalue weighted by Crippen LogP contribution is -2.09. The molecule has 0 fully saturated rings. The number of aromatic carboxylic acids is 1. The summed E-state index contributed by atoms with van der Waals surface area (Å²) in [5, 5.41) is 9.09. The molecule has 3 atom stereocenters. The minimum absolute atomic E-state index is 0.442. The van der Waals surface area contributed by atoms with Gasteiger partial charge in [-0.1, -0.05) is 79.4 Å². The van der Waals surface area contributed by atoms with Gasteiger partial charge in [-0.2, -0.15) is 0 Å². The number of allylic oxidation sites excluding steroid dienone is 2. The van der Waals surface area contributed by atoms with Crippen molar-refractivity contribution >= 4 is 33.2 Å². The molecule has 0 spiro atoms. The Morgan fingerprint density at radius 3 is 2.60 bits per heavy atom. The Kier molecular flexibility index (Phi) is 8.76. The van der Waals surface area contributed by atoms with E-state index in [1.807, 2.05) is 6.07 Å². The maximum absolute atomic E-state index is 11.1. The van der Waals surface area contributed by atoms with Gasteiger partial charge >= 0.3 is 5.97 Å². The first-order valence-corrected chi connectivity index (χ1v) is 12.9. The van der Waals surface area contributed by atoms with E-state index in [1.54, 1.807) is 6.07 Å². The molecular formula is C26H33BrO2S. The van der Waals surface area contributed by atoms with Crippen molar-refractivity contribution in [1.29, 1.82) is 0 Å². The minimum Gasteiger partial charge on any atom is -0.477 e. The summed E-state index contributed by atoms with van der Waals surface area (Å²) in [6.07, 6.45) is 11.9. The number of rotatable bonds is 11. The van der Waals surface area contributed by atoms with Gasteiger partial charge in [0.15, 0.2) is 0 Å². The van der Waals surface area contributed by atoms with Gasteiger partial charge in [0.2, 0.25) is 0 Å². The molecule has 0 radical (unpaired) electrons. The Morgan fingerprint density at radius 2 is 1.93 bits per heavy atom. The summed E-state index contributed by atoms with van der Waals surface area (Å²) in [5.41, 5.74) is 2.87. The first-order chi connectivity index (χ1) is 14.5. The van der Waals surface area contributed by atoms with Gasteiger partial charge < -0.3 is 5.11 Å². The van der Waals surface area contributed by atoms with Gasteiger partial charge in [-0.15, -0.1) is 11.3 Å². The molecule has 1 aromatic heterocycles. The van der Waals surface area contributed by atoms with E-state index >= 15 is 0 Å². The van der Waals surface area contributed by atoms with Crippen molar-refractivity contribution in [2.24, 2.45) is 5.92 Å². The van der Waals surface area contributed by atoms with Gasteiger partial charge in [0.25, 0.3) is 0 Å². The second kappa shape index (κ2) is 11.3. The van der Waals surface area contributed by atoms with Crippen LogP contribution in [0.25, 0.3) is 0 Å². The smallest absolute Gasteiger partial charge is 0.345 e. The summed E-state index contributed by atoms with van der Waals surface area (Å²) in [6, 6.07) is 13.0. The minimum atomic E-state index is -0.821. The van der Waals surface area contributed by atoms with Crippen molar-refractivity contribution in [2.45, 2.75) is 77.0 Å². The molecule has 1 N–H and O–H groups in total. The standard InChI is InChI=1S/C26H33BrO2S/c1-3-4-5-7-18(2)19-10-12-21(13-11-19)25-20(14-16-23(25)27)8-6-9-22-15-17-24(30-22)26(28)29/h10-13,15-18,20,25H,3-9,14H2,1-2H3,(H,28,29)/t18?,20?,25-/m0/s1. The second-order valence-corrected chi connectivity index (χ2v) is 10.7. The van der Waals surface area contributed by atoms with E-state index in [-0.39, 0.29) is 0 Å². The highest BCUT2D eigenvalue weighted by molar-refractivity contribution is 9.11. The summed E-state index contributed by atoms with van der Waals surface area (Å²) in [6.45, 7) is 4.61. The Balaban J connectivity index is 1.56. The molecule has 0 saturated heterocycles. The number of carboxylic acid groups (broad SMARTS) is 1. The summed E-state index contributed by atoms with van der Waals surface area (Å²) in [4.78, 5) is 12.7. The van der Waals surface area contributed by atoms with Crippen LogP contribution in [0.15, 0.2) is 47.0 Å². The molecule has 1 aromatic carbocycles. The number of hydrogen-bond donors (Lipinski definition) is 1. The first kappa shape index (κ1) is 23.3. The third kappa shape index (κ3) is 6.07. The number of carbonyl (C=O) groups is 1. The zero-order valence-electron chi connectivity index (χ0n) is 18.1. The van der Waals surface area contributed by atoms with Crippen LogP contribution in [0, 0.1) is 5.92 Å². The Bertz CT molecular complexity index is 852. The largest absolute Gasteiger partial charge is 0.477 e. The first-order valence-electron chi connectivity index (χ1n) is 11.3. The lowest BCUT2D eigenvalue weighted by molar-refractivity contribution is 0.0702. The summed E-state index contributed by atoms with van der Waals surface area (Å²) in [7, 11) is 0. The monoisotopic (exact) mass is 488 g/mol. The van der Waals surface area contributed by atoms with Gasteiger partial charge in [0.05, 0.1) is 0 Å². The maximum Gasteiger partial charge on any atom is 0.345 e. The van der Waals surface area contributed by atoms with Crippen LogP contribution in [0.3, 0.4) is 0 Å². The van der Waals surface area contributed by atoms with Crippen LogP contribution in [0.4, 0.5) is 0 Å². The molecule has 2 nitrogen and oxygen atoms in total. The van der Waals surface area contributed by atoms with E-state index in [0.29, 0.717) is 22.6 Å². The van der Waals surface area contributed by atoms with Crippen LogP contribution in [-0.4, -0.2) is 11.1 Å². The number of unbranched alkanes of at least 4 members (excludes halogenated alkanes) is 2. The summed E-state index contributed by atoms with van der Waals surface area (Å²) in [5.74, 6) is 0.877. The second-order valence-electron chi connectivity index (χ2n) is 8.59. The Labute approximate surface area is 193 Å². The molecule has 0 saturated carbocycles. The molecule has 0 aliphatic heterocycles. The molecule has 2 unspecified atom stereocenters. The normalized spacial score (nSPS) is 19.6. The fourth-order valence-corrected chi connectivity index (χ4v) is 6.25. The number of hydrogen-bond acceptors (Lipinski definition) is 2. The number of benzene rings is 1. The molecule has 3 rings (SSSR count). The van der Waals surface area contributed by atoms with Crippen LogP contribution in [0.2, 0.25) is 0 Å². The predicted octanol–water partition coefficient (Wildman–Crippen LogP) is 8.54. The fraction of sp³-hybridized carbons (Fsp3) is 0.500. The fourth-order valence-electron chi connectivity index (χ4n) is 4.53. The van der Waals surface area contributed by atoms with E-state index in [1.165, 1.54) is 57.5 Å². The van der Waals surface area contributed by atoms with Crippen molar-refractivity contribution < 1.29 is 9.90 Å². The Hall–Kier alpha value is -1.39. The number of thiophene rings is 1. The number of carboxylic acids is 1. The molecule has 162 valence electrons. The van der Waals surface area contributed by atoms with Crippen molar-refractivity contribution in [3.8, 4) is 0 Å². The quantitative estimate of drug-likeness (QED) is 0.321. The van der Waals surface area contributed by atoms with Crippen LogP contribution < -0.4 is 0 Å². The van der Waals surface area contributed by atoms with Crippen molar-refractivity contribution in [2.75, 3.05) is 0 Å².